The SMILES string of the molecule is CCCCCC(NC(=O)C(C)CCC)C(=O)C(=O)NC(CC(C)C)C(C)=O. The molecule has 0 aromatic rings. The third kappa shape index (κ3) is 10.3. The Bertz CT molecular complexity index is 502. The molecule has 0 heterocycles. The van der Waals surface area contributed by atoms with Gasteiger partial charge in [0.2, 0.25) is 11.7 Å². The Kier molecular flexibility index (Phi) is 12.6. The average molecular weight is 383 g/mol. The molecule has 156 valence electrons. The molecule has 0 rings (SSSR count). The Balaban J connectivity index is 5.09. The van der Waals surface area contributed by atoms with E-state index in [-0.39, 0.29) is 23.5 Å². The maximum atomic E-state index is 12.7. The highest BCUT2D eigenvalue weighted by Crippen LogP contribution is 2.10. The fourth-order valence-corrected chi connectivity index (χ4v) is 2.93. The molecule has 0 spiro atoms. The fourth-order valence-electron chi connectivity index (χ4n) is 2.93. The summed E-state index contributed by atoms with van der Waals surface area (Å²) in [5, 5.41) is 5.31. The molecule has 6 heteroatoms. The minimum absolute atomic E-state index is 0.173. The van der Waals surface area contributed by atoms with Crippen molar-refractivity contribution in [2.75, 3.05) is 0 Å². The third-order valence-corrected chi connectivity index (χ3v) is 4.63. The first-order valence-corrected chi connectivity index (χ1v) is 10.3. The Morgan fingerprint density at radius 1 is 0.815 bits per heavy atom. The lowest BCUT2D eigenvalue weighted by atomic mass is 9.98. The molecule has 0 bridgehead atoms. The van der Waals surface area contributed by atoms with Crippen LogP contribution in [0.4, 0.5) is 0 Å². The van der Waals surface area contributed by atoms with E-state index in [0.29, 0.717) is 12.8 Å². The summed E-state index contributed by atoms with van der Waals surface area (Å²) in [7, 11) is 0. The molecule has 3 atom stereocenters. The van der Waals surface area contributed by atoms with E-state index in [1.165, 1.54) is 6.92 Å². The Hall–Kier alpha value is -1.72. The van der Waals surface area contributed by atoms with Crippen molar-refractivity contribution >= 4 is 23.4 Å². The van der Waals surface area contributed by atoms with Gasteiger partial charge in [0.15, 0.2) is 5.78 Å². The number of rotatable bonds is 14. The summed E-state index contributed by atoms with van der Waals surface area (Å²) in [5.41, 5.74) is 0. The molecule has 27 heavy (non-hydrogen) atoms. The summed E-state index contributed by atoms with van der Waals surface area (Å²) in [5.74, 6) is -1.83. The highest BCUT2D eigenvalue weighted by Gasteiger charge is 2.30. The van der Waals surface area contributed by atoms with Crippen molar-refractivity contribution in [1.29, 1.82) is 0 Å². The maximum Gasteiger partial charge on any atom is 0.290 e. The molecule has 0 saturated heterocycles. The predicted molar refractivity (Wildman–Crippen MR) is 107 cm³/mol. The van der Waals surface area contributed by atoms with Gasteiger partial charge in [0, 0.05) is 5.92 Å². The van der Waals surface area contributed by atoms with Gasteiger partial charge in [-0.05, 0) is 32.1 Å². The van der Waals surface area contributed by atoms with Crippen LogP contribution in [0.1, 0.15) is 86.5 Å². The summed E-state index contributed by atoms with van der Waals surface area (Å²) in [6.45, 7) is 11.2. The second-order valence-corrected chi connectivity index (χ2v) is 7.88. The zero-order valence-electron chi connectivity index (χ0n) is 17.9. The van der Waals surface area contributed by atoms with Crippen molar-refractivity contribution < 1.29 is 19.2 Å². The van der Waals surface area contributed by atoms with Crippen LogP contribution >= 0.6 is 0 Å². The maximum absolute atomic E-state index is 12.7. The lowest BCUT2D eigenvalue weighted by Crippen LogP contribution is -2.51. The molecular weight excluding hydrogens is 344 g/mol. The second-order valence-electron chi connectivity index (χ2n) is 7.88. The van der Waals surface area contributed by atoms with Gasteiger partial charge < -0.3 is 10.6 Å². The largest absolute Gasteiger partial charge is 0.345 e. The minimum Gasteiger partial charge on any atom is -0.345 e. The van der Waals surface area contributed by atoms with Gasteiger partial charge in [-0.15, -0.1) is 0 Å². The summed E-state index contributed by atoms with van der Waals surface area (Å²) in [4.78, 5) is 49.2. The summed E-state index contributed by atoms with van der Waals surface area (Å²) in [6, 6.07) is -1.51. The van der Waals surface area contributed by atoms with E-state index in [0.717, 1.165) is 32.1 Å². The number of Topliss-reactive ketones (excluding diaryl/α,β-unsaturated/α-hetero) is 2. The van der Waals surface area contributed by atoms with Crippen LogP contribution in [-0.4, -0.2) is 35.5 Å². The topological polar surface area (TPSA) is 92.3 Å². The highest BCUT2D eigenvalue weighted by atomic mass is 16.2. The molecule has 0 fully saturated rings. The number of carbonyl (C=O) groups is 4. The van der Waals surface area contributed by atoms with Crippen LogP contribution in [-0.2, 0) is 19.2 Å². The molecule has 6 nitrogen and oxygen atoms in total. The second kappa shape index (κ2) is 13.4. The highest BCUT2D eigenvalue weighted by molar-refractivity contribution is 6.38. The summed E-state index contributed by atoms with van der Waals surface area (Å²) >= 11 is 0. The van der Waals surface area contributed by atoms with Crippen LogP contribution in [0, 0.1) is 11.8 Å². The molecule has 0 aliphatic heterocycles. The first kappa shape index (κ1) is 25.3. The van der Waals surface area contributed by atoms with Gasteiger partial charge in [-0.25, -0.2) is 0 Å². The van der Waals surface area contributed by atoms with Crippen LogP contribution < -0.4 is 10.6 Å². The molecule has 2 amide bonds. The zero-order valence-corrected chi connectivity index (χ0v) is 17.9. The number of hydrogen-bond acceptors (Lipinski definition) is 4. The van der Waals surface area contributed by atoms with Crippen LogP contribution in [0.15, 0.2) is 0 Å². The van der Waals surface area contributed by atoms with Crippen LogP contribution in [0.5, 0.6) is 0 Å². The van der Waals surface area contributed by atoms with Crippen molar-refractivity contribution in [2.24, 2.45) is 11.8 Å². The number of nitrogens with one attached hydrogen (secondary N) is 2. The molecule has 2 N–H and O–H groups in total. The van der Waals surface area contributed by atoms with Gasteiger partial charge in [-0.2, -0.15) is 0 Å². The quantitative estimate of drug-likeness (QED) is 0.356. The van der Waals surface area contributed by atoms with E-state index in [1.807, 2.05) is 27.7 Å². The molecule has 0 aromatic heterocycles. The van der Waals surface area contributed by atoms with Crippen LogP contribution in [0.25, 0.3) is 0 Å². The van der Waals surface area contributed by atoms with Gasteiger partial charge in [0.05, 0.1) is 12.1 Å². The first-order chi connectivity index (χ1) is 12.6. The monoisotopic (exact) mass is 382 g/mol. The molecule has 0 aliphatic rings. The van der Waals surface area contributed by atoms with Gasteiger partial charge in [-0.3, -0.25) is 19.2 Å². The molecule has 0 radical (unpaired) electrons. The average Bonchev–Trinajstić information content (AvgIpc) is 2.59. The molecule has 0 aliphatic carbocycles. The number of unbranched alkanes of at least 4 members (excludes halogenated alkanes) is 2. The molecule has 0 saturated carbocycles. The Morgan fingerprint density at radius 2 is 1.44 bits per heavy atom. The standard InChI is InChI=1S/C21H38N2O4/c1-7-9-10-12-17(22-20(26)15(5)11-8-2)19(25)21(27)23-18(16(6)24)13-14(3)4/h14-15,17-18H,7-13H2,1-6H3,(H,22,26)(H,23,27). The third-order valence-electron chi connectivity index (χ3n) is 4.63. The first-order valence-electron chi connectivity index (χ1n) is 10.3. The van der Waals surface area contributed by atoms with Gasteiger partial charge in [-0.1, -0.05) is 60.3 Å². The number of ketones is 2. The smallest absolute Gasteiger partial charge is 0.290 e. The lowest BCUT2D eigenvalue weighted by Gasteiger charge is -2.22. The van der Waals surface area contributed by atoms with E-state index in [4.69, 9.17) is 0 Å². The number of amides is 2. The summed E-state index contributed by atoms with van der Waals surface area (Å²) in [6.07, 6.45) is 5.18. The molecular formula is C21H38N2O4. The van der Waals surface area contributed by atoms with E-state index in [2.05, 4.69) is 17.6 Å². The van der Waals surface area contributed by atoms with Crippen molar-refractivity contribution in [3.05, 3.63) is 0 Å². The van der Waals surface area contributed by atoms with Gasteiger partial charge in [0.1, 0.15) is 0 Å². The minimum atomic E-state index is -0.838. The molecule has 3 unspecified atom stereocenters. The van der Waals surface area contributed by atoms with E-state index >= 15 is 0 Å². The Labute approximate surface area is 164 Å². The Morgan fingerprint density at radius 3 is 1.93 bits per heavy atom. The fraction of sp³-hybridized carbons (Fsp3) is 0.810. The van der Waals surface area contributed by atoms with Crippen LogP contribution in [0.2, 0.25) is 0 Å². The van der Waals surface area contributed by atoms with Crippen molar-refractivity contribution in [2.45, 2.75) is 98.6 Å². The lowest BCUT2D eigenvalue weighted by molar-refractivity contribution is -0.141. The summed E-state index contributed by atoms with van der Waals surface area (Å²) < 4.78 is 0. The van der Waals surface area contributed by atoms with E-state index in [1.54, 1.807) is 0 Å². The number of hydrogen-bond donors (Lipinski definition) is 2. The molecule has 0 aromatic carbocycles. The van der Waals surface area contributed by atoms with E-state index < -0.39 is 23.8 Å². The number of carbonyl (C=O) groups excluding carboxylic acids is 4. The zero-order chi connectivity index (χ0) is 21.0. The van der Waals surface area contributed by atoms with Gasteiger partial charge >= 0.3 is 0 Å². The van der Waals surface area contributed by atoms with Crippen molar-refractivity contribution in [3.8, 4) is 0 Å². The van der Waals surface area contributed by atoms with Crippen molar-refractivity contribution in [3.63, 3.8) is 0 Å². The predicted octanol–water partition coefficient (Wildman–Crippen LogP) is 3.18. The van der Waals surface area contributed by atoms with Crippen molar-refractivity contribution in [1.82, 2.24) is 10.6 Å². The van der Waals surface area contributed by atoms with Gasteiger partial charge in [0.25, 0.3) is 5.91 Å². The normalized spacial score (nSPS) is 14.3. The van der Waals surface area contributed by atoms with Crippen LogP contribution in [0.3, 0.4) is 0 Å². The van der Waals surface area contributed by atoms with E-state index in [9.17, 15) is 19.2 Å².